The van der Waals surface area contributed by atoms with Gasteiger partial charge in [0.05, 0.1) is 28.4 Å². The van der Waals surface area contributed by atoms with E-state index in [1.807, 2.05) is 0 Å². The van der Waals surface area contributed by atoms with E-state index < -0.39 is 5.34 Å². The Kier molecular flexibility index (Phi) is 7.99. The van der Waals surface area contributed by atoms with Crippen LogP contribution in [0, 0.1) is 5.92 Å². The van der Waals surface area contributed by atoms with Crippen LogP contribution >= 0.6 is 0 Å². The summed E-state index contributed by atoms with van der Waals surface area (Å²) in [5.41, 5.74) is 4.14. The normalized spacial score (nSPS) is 22.0. The third kappa shape index (κ3) is 5.96. The molecule has 2 unspecified atom stereocenters. The highest BCUT2D eigenvalue weighted by molar-refractivity contribution is 6.39. The summed E-state index contributed by atoms with van der Waals surface area (Å²) in [7, 11) is 12.1. The van der Waals surface area contributed by atoms with Gasteiger partial charge < -0.3 is 10.1 Å². The van der Waals surface area contributed by atoms with E-state index in [4.69, 9.17) is 20.4 Å². The smallest absolute Gasteiger partial charge is 0.0912 e. The molecule has 0 fully saturated rings. The molecule has 2 nitrogen and oxygen atoms in total. The van der Waals surface area contributed by atoms with E-state index in [9.17, 15) is 0 Å². The van der Waals surface area contributed by atoms with Crippen LogP contribution in [0.15, 0.2) is 22.8 Å². The molecule has 0 aromatic heterocycles. The molecule has 0 aromatic rings. The highest BCUT2D eigenvalue weighted by atomic mass is 16.5. The first kappa shape index (κ1) is 19.6. The van der Waals surface area contributed by atoms with E-state index in [0.717, 1.165) is 25.9 Å². The molecule has 4 radical (unpaired) electrons. The zero-order valence-electron chi connectivity index (χ0n) is 15.0. The average Bonchev–Trinajstić information content (AvgIpc) is 2.45. The lowest BCUT2D eigenvalue weighted by Gasteiger charge is -2.33. The summed E-state index contributed by atoms with van der Waals surface area (Å²) < 4.78 is 5.92. The Labute approximate surface area is 140 Å². The molecule has 0 amide bonds. The van der Waals surface area contributed by atoms with Crippen molar-refractivity contribution in [3.05, 3.63) is 22.8 Å². The molecule has 0 bridgehead atoms. The van der Waals surface area contributed by atoms with Crippen molar-refractivity contribution in [3.63, 3.8) is 0 Å². The van der Waals surface area contributed by atoms with Gasteiger partial charge in [0.1, 0.15) is 0 Å². The molecular formula is C18H31B2NO. The van der Waals surface area contributed by atoms with Crippen LogP contribution in [-0.2, 0) is 4.74 Å². The molecule has 0 aromatic carbocycles. The molecule has 1 aliphatic heterocycles. The Bertz CT molecular complexity index is 415. The molecule has 0 saturated heterocycles. The van der Waals surface area contributed by atoms with Gasteiger partial charge in [-0.15, -0.1) is 0 Å². The van der Waals surface area contributed by atoms with E-state index in [2.05, 4.69) is 46.0 Å². The number of rotatable bonds is 8. The minimum atomic E-state index is -0.808. The first-order valence-electron chi connectivity index (χ1n) is 8.63. The number of ether oxygens (including phenoxy) is 1. The SMILES string of the molecule is [B]C([B])(CCC)NCC1OCCC(/C(C)=C\C(C)CC)=C1C. The summed E-state index contributed by atoms with van der Waals surface area (Å²) in [4.78, 5) is 0. The van der Waals surface area contributed by atoms with Crippen molar-refractivity contribution in [1.29, 1.82) is 0 Å². The Morgan fingerprint density at radius 1 is 1.45 bits per heavy atom. The first-order valence-corrected chi connectivity index (χ1v) is 8.63. The van der Waals surface area contributed by atoms with Crippen molar-refractivity contribution in [3.8, 4) is 0 Å². The first-order chi connectivity index (χ1) is 10.3. The predicted molar refractivity (Wildman–Crippen MR) is 97.4 cm³/mol. The van der Waals surface area contributed by atoms with E-state index in [0.29, 0.717) is 12.5 Å². The van der Waals surface area contributed by atoms with Gasteiger partial charge in [-0.1, -0.05) is 57.0 Å². The third-order valence-corrected chi connectivity index (χ3v) is 4.56. The summed E-state index contributed by atoms with van der Waals surface area (Å²) in [5, 5.41) is 2.44. The molecular weight excluding hydrogens is 268 g/mol. The second-order valence-electron chi connectivity index (χ2n) is 6.68. The van der Waals surface area contributed by atoms with Gasteiger partial charge in [-0.2, -0.15) is 0 Å². The average molecular weight is 299 g/mol. The van der Waals surface area contributed by atoms with Crippen LogP contribution in [0.3, 0.4) is 0 Å². The summed E-state index contributed by atoms with van der Waals surface area (Å²) in [5.74, 6) is 0.616. The minimum Gasteiger partial charge on any atom is -0.372 e. The fourth-order valence-electron chi connectivity index (χ4n) is 2.97. The molecule has 4 heteroatoms. The molecule has 120 valence electrons. The van der Waals surface area contributed by atoms with Crippen molar-refractivity contribution in [2.45, 2.75) is 71.7 Å². The number of hydrogen-bond donors (Lipinski definition) is 1. The van der Waals surface area contributed by atoms with Crippen LogP contribution < -0.4 is 5.32 Å². The molecule has 1 N–H and O–H groups in total. The number of nitrogens with one attached hydrogen (secondary N) is 1. The lowest BCUT2D eigenvalue weighted by atomic mass is 9.59. The van der Waals surface area contributed by atoms with E-state index in [1.165, 1.54) is 23.1 Å². The van der Waals surface area contributed by atoms with E-state index in [-0.39, 0.29) is 6.10 Å². The zero-order chi connectivity index (χ0) is 16.8. The largest absolute Gasteiger partial charge is 0.372 e. The number of hydrogen-bond acceptors (Lipinski definition) is 2. The van der Waals surface area contributed by atoms with Gasteiger partial charge in [0.25, 0.3) is 0 Å². The molecule has 2 atom stereocenters. The molecule has 1 heterocycles. The quantitative estimate of drug-likeness (QED) is 0.693. The maximum Gasteiger partial charge on any atom is 0.0912 e. The van der Waals surface area contributed by atoms with Gasteiger partial charge in [-0.3, -0.25) is 0 Å². The fourth-order valence-corrected chi connectivity index (χ4v) is 2.97. The maximum absolute atomic E-state index is 6.05. The Hall–Kier alpha value is -0.470. The molecule has 0 spiro atoms. The van der Waals surface area contributed by atoms with Crippen LogP contribution in [0.2, 0.25) is 0 Å². The predicted octanol–water partition coefficient (Wildman–Crippen LogP) is 3.46. The van der Waals surface area contributed by atoms with Gasteiger partial charge >= 0.3 is 0 Å². The highest BCUT2D eigenvalue weighted by Crippen LogP contribution is 2.28. The van der Waals surface area contributed by atoms with Gasteiger partial charge in [0.2, 0.25) is 0 Å². The topological polar surface area (TPSA) is 21.3 Å². The third-order valence-electron chi connectivity index (χ3n) is 4.56. The van der Waals surface area contributed by atoms with Crippen molar-refractivity contribution in [1.82, 2.24) is 5.32 Å². The number of allylic oxidation sites excluding steroid dienone is 2. The summed E-state index contributed by atoms with van der Waals surface area (Å²) in [6.07, 6.45) is 6.32. The van der Waals surface area contributed by atoms with Crippen molar-refractivity contribution >= 4 is 15.7 Å². The van der Waals surface area contributed by atoms with Crippen molar-refractivity contribution in [2.24, 2.45) is 5.92 Å². The van der Waals surface area contributed by atoms with Crippen LogP contribution in [0.1, 0.15) is 60.3 Å². The molecule has 1 rings (SSSR count). The second-order valence-corrected chi connectivity index (χ2v) is 6.68. The Morgan fingerprint density at radius 3 is 2.73 bits per heavy atom. The van der Waals surface area contributed by atoms with Crippen LogP contribution in [-0.4, -0.2) is 40.3 Å². The monoisotopic (exact) mass is 299 g/mol. The van der Waals surface area contributed by atoms with E-state index >= 15 is 0 Å². The van der Waals surface area contributed by atoms with Crippen LogP contribution in [0.5, 0.6) is 0 Å². The maximum atomic E-state index is 6.05. The van der Waals surface area contributed by atoms with Gasteiger partial charge in [0.15, 0.2) is 0 Å². The van der Waals surface area contributed by atoms with Crippen LogP contribution in [0.4, 0.5) is 0 Å². The highest BCUT2D eigenvalue weighted by Gasteiger charge is 2.24. The summed E-state index contributed by atoms with van der Waals surface area (Å²) in [6, 6.07) is 0. The lowest BCUT2D eigenvalue weighted by molar-refractivity contribution is 0.0664. The Morgan fingerprint density at radius 2 is 2.14 bits per heavy atom. The van der Waals surface area contributed by atoms with E-state index in [1.54, 1.807) is 0 Å². The second kappa shape index (κ2) is 8.98. The molecule has 0 aliphatic carbocycles. The fraction of sp³-hybridized carbons (Fsp3) is 0.778. The van der Waals surface area contributed by atoms with Gasteiger partial charge in [-0.25, -0.2) is 0 Å². The minimum absolute atomic E-state index is 0.0624. The lowest BCUT2D eigenvalue weighted by Crippen LogP contribution is -2.50. The van der Waals surface area contributed by atoms with Crippen molar-refractivity contribution in [2.75, 3.05) is 13.2 Å². The van der Waals surface area contributed by atoms with Gasteiger partial charge in [-0.05, 0) is 37.3 Å². The van der Waals surface area contributed by atoms with Crippen LogP contribution in [0.25, 0.3) is 0 Å². The Balaban J connectivity index is 2.77. The van der Waals surface area contributed by atoms with Gasteiger partial charge in [0, 0.05) is 6.54 Å². The standard InChI is InChI=1S/C18H31B2NO/c1-6-9-18(19,20)21-12-17-15(5)16(8-10-22-17)14(4)11-13(3)7-2/h11,13,17,21H,6-10,12H2,1-5H3/b14-11-. The summed E-state index contributed by atoms with van der Waals surface area (Å²) in [6.45, 7) is 12.4. The van der Waals surface area contributed by atoms with Crippen molar-refractivity contribution < 1.29 is 4.74 Å². The summed E-state index contributed by atoms with van der Waals surface area (Å²) >= 11 is 0. The zero-order valence-corrected chi connectivity index (χ0v) is 15.0. The molecule has 22 heavy (non-hydrogen) atoms. The molecule has 0 saturated carbocycles. The molecule has 1 aliphatic rings.